The molecule has 0 atom stereocenters. The van der Waals surface area contributed by atoms with Crippen LogP contribution in [0.1, 0.15) is 19.4 Å². The number of rotatable bonds is 5. The maximum atomic E-state index is 5.80. The number of nitrogens with one attached hydrogen (secondary N) is 2. The summed E-state index contributed by atoms with van der Waals surface area (Å²) in [5.41, 5.74) is 1.13. The molecule has 0 aliphatic carbocycles. The van der Waals surface area contributed by atoms with Gasteiger partial charge in [0.2, 0.25) is 0 Å². The fourth-order valence-electron chi connectivity index (χ4n) is 1.51. The van der Waals surface area contributed by atoms with Crippen LogP contribution in [0.3, 0.4) is 0 Å². The van der Waals surface area contributed by atoms with Crippen LogP contribution >= 0.6 is 0 Å². The van der Waals surface area contributed by atoms with E-state index in [4.69, 9.17) is 4.74 Å². The minimum atomic E-state index is 0.524. The third kappa shape index (κ3) is 4.65. The first-order valence-corrected chi connectivity index (χ1v) is 6.26. The van der Waals surface area contributed by atoms with Crippen molar-refractivity contribution >= 4 is 5.96 Å². The van der Waals surface area contributed by atoms with Gasteiger partial charge < -0.3 is 15.4 Å². The van der Waals surface area contributed by atoms with Gasteiger partial charge in [-0.3, -0.25) is 4.99 Å². The summed E-state index contributed by atoms with van der Waals surface area (Å²) in [5.74, 6) is 2.23. The van der Waals surface area contributed by atoms with E-state index >= 15 is 0 Å². The second-order valence-corrected chi connectivity index (χ2v) is 4.49. The van der Waals surface area contributed by atoms with E-state index in [9.17, 15) is 0 Å². The molecule has 18 heavy (non-hydrogen) atoms. The lowest BCUT2D eigenvalue weighted by Gasteiger charge is -2.14. The van der Waals surface area contributed by atoms with Gasteiger partial charge in [0, 0.05) is 26.2 Å². The molecule has 0 fully saturated rings. The molecule has 0 aliphatic heterocycles. The van der Waals surface area contributed by atoms with E-state index in [1.165, 1.54) is 0 Å². The first-order chi connectivity index (χ1) is 8.67. The van der Waals surface area contributed by atoms with Gasteiger partial charge in [-0.15, -0.1) is 0 Å². The number of hydrogen-bond acceptors (Lipinski definition) is 2. The van der Waals surface area contributed by atoms with E-state index in [1.807, 2.05) is 25.2 Å². The van der Waals surface area contributed by atoms with Crippen LogP contribution in [0.4, 0.5) is 0 Å². The summed E-state index contributed by atoms with van der Waals surface area (Å²) in [5, 5.41) is 6.21. The summed E-state index contributed by atoms with van der Waals surface area (Å²) in [6.07, 6.45) is 0. The van der Waals surface area contributed by atoms with E-state index in [0.29, 0.717) is 12.5 Å². The molecule has 0 radical (unpaired) electrons. The molecule has 4 nitrogen and oxygen atoms in total. The van der Waals surface area contributed by atoms with Gasteiger partial charge in [0.1, 0.15) is 5.75 Å². The Hall–Kier alpha value is -1.71. The summed E-state index contributed by atoms with van der Waals surface area (Å²) in [6, 6.07) is 8.07. The van der Waals surface area contributed by atoms with Crippen LogP contribution < -0.4 is 15.4 Å². The maximum Gasteiger partial charge on any atom is 0.190 e. The SMILES string of the molecule is CN=C(NC)NCc1ccccc1OCC(C)C. The van der Waals surface area contributed by atoms with Gasteiger partial charge >= 0.3 is 0 Å². The van der Waals surface area contributed by atoms with Gasteiger partial charge in [-0.25, -0.2) is 0 Å². The first kappa shape index (κ1) is 14.4. The topological polar surface area (TPSA) is 45.7 Å². The van der Waals surface area contributed by atoms with Crippen molar-refractivity contribution in [3.05, 3.63) is 29.8 Å². The summed E-state index contributed by atoms with van der Waals surface area (Å²) >= 11 is 0. The highest BCUT2D eigenvalue weighted by Gasteiger charge is 2.04. The first-order valence-electron chi connectivity index (χ1n) is 6.26. The van der Waals surface area contributed by atoms with Crippen molar-refractivity contribution in [2.24, 2.45) is 10.9 Å². The Morgan fingerprint density at radius 2 is 2.06 bits per heavy atom. The van der Waals surface area contributed by atoms with Crippen molar-refractivity contribution in [1.29, 1.82) is 0 Å². The van der Waals surface area contributed by atoms with Gasteiger partial charge in [0.05, 0.1) is 6.61 Å². The van der Waals surface area contributed by atoms with E-state index < -0.39 is 0 Å². The maximum absolute atomic E-state index is 5.80. The molecule has 0 saturated heterocycles. The Morgan fingerprint density at radius 1 is 1.33 bits per heavy atom. The molecule has 0 aliphatic rings. The van der Waals surface area contributed by atoms with Crippen LogP contribution in [0.25, 0.3) is 0 Å². The monoisotopic (exact) mass is 249 g/mol. The summed E-state index contributed by atoms with van der Waals surface area (Å²) in [4.78, 5) is 4.08. The van der Waals surface area contributed by atoms with Gasteiger partial charge in [0.15, 0.2) is 5.96 Å². The van der Waals surface area contributed by atoms with Crippen molar-refractivity contribution in [2.75, 3.05) is 20.7 Å². The van der Waals surface area contributed by atoms with Crippen molar-refractivity contribution in [3.63, 3.8) is 0 Å². The molecular formula is C14H23N3O. The van der Waals surface area contributed by atoms with Crippen LogP contribution in [-0.4, -0.2) is 26.7 Å². The summed E-state index contributed by atoms with van der Waals surface area (Å²) in [6.45, 7) is 5.72. The van der Waals surface area contributed by atoms with Crippen molar-refractivity contribution in [1.82, 2.24) is 10.6 Å². The lowest BCUT2D eigenvalue weighted by Crippen LogP contribution is -2.34. The van der Waals surface area contributed by atoms with E-state index in [-0.39, 0.29) is 0 Å². The van der Waals surface area contributed by atoms with E-state index in [1.54, 1.807) is 7.05 Å². The zero-order chi connectivity index (χ0) is 13.4. The lowest BCUT2D eigenvalue weighted by atomic mass is 10.2. The number of hydrogen-bond donors (Lipinski definition) is 2. The number of guanidine groups is 1. The molecule has 0 aromatic heterocycles. The number of nitrogens with zero attached hydrogens (tertiary/aromatic N) is 1. The zero-order valence-corrected chi connectivity index (χ0v) is 11.7. The molecule has 1 aromatic carbocycles. The second kappa shape index (κ2) is 7.58. The minimum Gasteiger partial charge on any atom is -0.493 e. The smallest absolute Gasteiger partial charge is 0.190 e. The van der Waals surface area contributed by atoms with Crippen molar-refractivity contribution in [2.45, 2.75) is 20.4 Å². The summed E-state index contributed by atoms with van der Waals surface area (Å²) < 4.78 is 5.80. The zero-order valence-electron chi connectivity index (χ0n) is 11.7. The molecule has 0 spiro atoms. The average molecular weight is 249 g/mol. The fourth-order valence-corrected chi connectivity index (χ4v) is 1.51. The Morgan fingerprint density at radius 3 is 2.67 bits per heavy atom. The highest BCUT2D eigenvalue weighted by molar-refractivity contribution is 5.79. The third-order valence-electron chi connectivity index (χ3n) is 2.45. The largest absolute Gasteiger partial charge is 0.493 e. The molecule has 0 saturated carbocycles. The van der Waals surface area contributed by atoms with Crippen molar-refractivity contribution in [3.8, 4) is 5.75 Å². The lowest BCUT2D eigenvalue weighted by molar-refractivity contribution is 0.268. The van der Waals surface area contributed by atoms with E-state index in [0.717, 1.165) is 23.9 Å². The molecule has 4 heteroatoms. The fraction of sp³-hybridized carbons (Fsp3) is 0.500. The predicted molar refractivity (Wildman–Crippen MR) is 76.0 cm³/mol. The van der Waals surface area contributed by atoms with Crippen molar-refractivity contribution < 1.29 is 4.74 Å². The van der Waals surface area contributed by atoms with Gasteiger partial charge in [-0.1, -0.05) is 32.0 Å². The van der Waals surface area contributed by atoms with Crippen LogP contribution in [0.2, 0.25) is 0 Å². The number of ether oxygens (including phenoxy) is 1. The number of benzene rings is 1. The Balaban J connectivity index is 2.64. The quantitative estimate of drug-likeness (QED) is 0.620. The van der Waals surface area contributed by atoms with Crippen LogP contribution in [-0.2, 0) is 6.54 Å². The molecule has 1 rings (SSSR count). The molecule has 0 bridgehead atoms. The molecule has 0 heterocycles. The van der Waals surface area contributed by atoms with Crippen LogP contribution in [0, 0.1) is 5.92 Å². The third-order valence-corrected chi connectivity index (χ3v) is 2.45. The molecule has 100 valence electrons. The summed E-state index contributed by atoms with van der Waals surface area (Å²) in [7, 11) is 3.59. The molecular weight excluding hydrogens is 226 g/mol. The number of para-hydroxylation sites is 1. The normalized spacial score (nSPS) is 11.5. The highest BCUT2D eigenvalue weighted by atomic mass is 16.5. The van der Waals surface area contributed by atoms with Gasteiger partial charge in [-0.2, -0.15) is 0 Å². The predicted octanol–water partition coefficient (Wildman–Crippen LogP) is 2.02. The van der Waals surface area contributed by atoms with Crippen LogP contribution in [0.15, 0.2) is 29.3 Å². The second-order valence-electron chi connectivity index (χ2n) is 4.49. The van der Waals surface area contributed by atoms with Gasteiger partial charge in [0.25, 0.3) is 0 Å². The Kier molecular flexibility index (Phi) is 6.05. The molecule has 0 unspecified atom stereocenters. The molecule has 2 N–H and O–H groups in total. The Bertz CT molecular complexity index is 388. The van der Waals surface area contributed by atoms with Gasteiger partial charge in [-0.05, 0) is 12.0 Å². The standard InChI is InChI=1S/C14H23N3O/c1-11(2)10-18-13-8-6-5-7-12(13)9-17-14(15-3)16-4/h5-8,11H,9-10H2,1-4H3,(H2,15,16,17). The molecule has 0 amide bonds. The Labute approximate surface area is 109 Å². The van der Waals surface area contributed by atoms with Crippen LogP contribution in [0.5, 0.6) is 5.75 Å². The highest BCUT2D eigenvalue weighted by Crippen LogP contribution is 2.18. The minimum absolute atomic E-state index is 0.524. The van der Waals surface area contributed by atoms with E-state index in [2.05, 4.69) is 35.5 Å². The number of aliphatic imine (C=N–C) groups is 1. The average Bonchev–Trinajstić information content (AvgIpc) is 2.38. The molecule has 1 aromatic rings.